The van der Waals surface area contributed by atoms with Gasteiger partial charge in [0.15, 0.2) is 17.1 Å². The molecule has 0 aliphatic carbocycles. The quantitative estimate of drug-likeness (QED) is 0.758. The van der Waals surface area contributed by atoms with Crippen LogP contribution in [0.25, 0.3) is 11.1 Å². The predicted octanol–water partition coefficient (Wildman–Crippen LogP) is 2.07. The van der Waals surface area contributed by atoms with Crippen molar-refractivity contribution in [1.82, 2.24) is 9.88 Å². The van der Waals surface area contributed by atoms with Crippen molar-refractivity contribution < 1.29 is 18.7 Å². The molecule has 1 aliphatic rings. The first kappa shape index (κ1) is 16.3. The maximum Gasteiger partial charge on any atom is 0.420 e. The van der Waals surface area contributed by atoms with Gasteiger partial charge >= 0.3 is 5.76 Å². The summed E-state index contributed by atoms with van der Waals surface area (Å²) >= 11 is 0. The highest BCUT2D eigenvalue weighted by atomic mass is 16.7. The molecule has 3 aromatic rings. The summed E-state index contributed by atoms with van der Waals surface area (Å²) < 4.78 is 17.3. The van der Waals surface area contributed by atoms with Crippen LogP contribution in [0.3, 0.4) is 0 Å². The van der Waals surface area contributed by atoms with Crippen LogP contribution in [0, 0.1) is 0 Å². The Labute approximate surface area is 149 Å². The smallest absolute Gasteiger partial charge is 0.420 e. The minimum Gasteiger partial charge on any atom is -0.454 e. The molecule has 0 saturated heterocycles. The normalized spacial score (nSPS) is 13.7. The Hall–Kier alpha value is -3.22. The van der Waals surface area contributed by atoms with E-state index in [1.165, 1.54) is 4.57 Å². The van der Waals surface area contributed by atoms with Crippen LogP contribution in [-0.4, -0.2) is 23.3 Å². The fourth-order valence-corrected chi connectivity index (χ4v) is 3.07. The number of aromatic nitrogens is 1. The Morgan fingerprint density at radius 2 is 2.00 bits per heavy atom. The van der Waals surface area contributed by atoms with Crippen molar-refractivity contribution in [2.24, 2.45) is 0 Å². The summed E-state index contributed by atoms with van der Waals surface area (Å²) in [7, 11) is 0. The Morgan fingerprint density at radius 3 is 2.88 bits per heavy atom. The lowest BCUT2D eigenvalue weighted by Gasteiger charge is -2.14. The second kappa shape index (κ2) is 6.59. The van der Waals surface area contributed by atoms with Crippen LogP contribution < -0.4 is 20.5 Å². The molecular formula is C19H18N2O5. The molecule has 0 bridgehead atoms. The Morgan fingerprint density at radius 1 is 1.19 bits per heavy atom. The number of para-hydroxylation sites is 2. The molecule has 1 amide bonds. The number of hydrogen-bond donors (Lipinski definition) is 1. The van der Waals surface area contributed by atoms with E-state index in [0.717, 1.165) is 11.1 Å². The Kier molecular flexibility index (Phi) is 4.12. The van der Waals surface area contributed by atoms with E-state index in [2.05, 4.69) is 5.32 Å². The largest absolute Gasteiger partial charge is 0.454 e. The number of carbonyl (C=O) groups excluding carboxylic acids is 1. The van der Waals surface area contributed by atoms with Crippen molar-refractivity contribution in [3.05, 3.63) is 58.6 Å². The summed E-state index contributed by atoms with van der Waals surface area (Å²) in [5, 5.41) is 2.91. The Bertz CT molecular complexity index is 1020. The fourth-order valence-electron chi connectivity index (χ4n) is 3.07. The molecule has 0 radical (unpaired) electrons. The van der Waals surface area contributed by atoms with E-state index in [0.29, 0.717) is 23.6 Å². The van der Waals surface area contributed by atoms with Crippen molar-refractivity contribution >= 4 is 17.0 Å². The molecule has 2 heterocycles. The molecule has 26 heavy (non-hydrogen) atoms. The summed E-state index contributed by atoms with van der Waals surface area (Å²) in [6.07, 6.45) is 0.224. The van der Waals surface area contributed by atoms with E-state index in [1.54, 1.807) is 18.2 Å². The monoisotopic (exact) mass is 354 g/mol. The highest BCUT2D eigenvalue weighted by Gasteiger charge is 2.16. The van der Waals surface area contributed by atoms with Gasteiger partial charge in [-0.25, -0.2) is 4.79 Å². The lowest BCUT2D eigenvalue weighted by molar-refractivity contribution is -0.121. The first-order valence-corrected chi connectivity index (χ1v) is 8.36. The molecule has 4 rings (SSSR count). The van der Waals surface area contributed by atoms with E-state index >= 15 is 0 Å². The van der Waals surface area contributed by atoms with Gasteiger partial charge in [-0.15, -0.1) is 0 Å². The average molecular weight is 354 g/mol. The highest BCUT2D eigenvalue weighted by Crippen LogP contribution is 2.32. The number of fused-ring (bicyclic) bond motifs is 2. The first-order chi connectivity index (χ1) is 12.6. The van der Waals surface area contributed by atoms with Crippen LogP contribution in [0.4, 0.5) is 0 Å². The van der Waals surface area contributed by atoms with E-state index in [9.17, 15) is 9.59 Å². The minimum absolute atomic E-state index is 0.128. The lowest BCUT2D eigenvalue weighted by atomic mass is 10.1. The van der Waals surface area contributed by atoms with Crippen LogP contribution in [0.1, 0.15) is 12.5 Å². The minimum atomic E-state index is -0.428. The summed E-state index contributed by atoms with van der Waals surface area (Å²) in [6, 6.07) is 12.4. The topological polar surface area (TPSA) is 82.7 Å². The molecular weight excluding hydrogens is 336 g/mol. The summed E-state index contributed by atoms with van der Waals surface area (Å²) in [5.41, 5.74) is 2.09. The van der Waals surface area contributed by atoms with Crippen LogP contribution in [0.15, 0.2) is 51.7 Å². The fraction of sp³-hybridized carbons (Fsp3) is 0.263. The van der Waals surface area contributed by atoms with Gasteiger partial charge in [-0.3, -0.25) is 9.36 Å². The maximum absolute atomic E-state index is 12.3. The zero-order valence-corrected chi connectivity index (χ0v) is 14.2. The summed E-state index contributed by atoms with van der Waals surface area (Å²) in [6.45, 7) is 2.39. The molecule has 134 valence electrons. The average Bonchev–Trinajstić information content (AvgIpc) is 3.19. The number of oxazole rings is 1. The number of amides is 1. The van der Waals surface area contributed by atoms with Crippen LogP contribution in [0.5, 0.6) is 11.5 Å². The van der Waals surface area contributed by atoms with Crippen molar-refractivity contribution in [3.8, 4) is 11.5 Å². The zero-order chi connectivity index (χ0) is 18.1. The maximum atomic E-state index is 12.3. The van der Waals surface area contributed by atoms with E-state index in [1.807, 2.05) is 31.2 Å². The molecule has 7 heteroatoms. The molecule has 0 spiro atoms. The summed E-state index contributed by atoms with van der Waals surface area (Å²) in [5.74, 6) is 0.786. The summed E-state index contributed by atoms with van der Waals surface area (Å²) in [4.78, 5) is 24.3. The van der Waals surface area contributed by atoms with Crippen LogP contribution in [-0.2, 0) is 17.8 Å². The van der Waals surface area contributed by atoms with Crippen molar-refractivity contribution in [1.29, 1.82) is 0 Å². The predicted molar refractivity (Wildman–Crippen MR) is 94.3 cm³/mol. The van der Waals surface area contributed by atoms with Gasteiger partial charge in [-0.1, -0.05) is 18.2 Å². The van der Waals surface area contributed by atoms with E-state index in [-0.39, 0.29) is 25.2 Å². The molecule has 0 saturated carbocycles. The van der Waals surface area contributed by atoms with Gasteiger partial charge < -0.3 is 19.2 Å². The third-order valence-electron chi connectivity index (χ3n) is 4.24. The number of carbonyl (C=O) groups is 1. The molecule has 0 unspecified atom stereocenters. The van der Waals surface area contributed by atoms with Crippen molar-refractivity contribution in [2.75, 3.05) is 6.79 Å². The van der Waals surface area contributed by atoms with Gasteiger partial charge in [0.25, 0.3) is 0 Å². The Balaban J connectivity index is 1.41. The number of benzene rings is 2. The van der Waals surface area contributed by atoms with E-state index in [4.69, 9.17) is 13.9 Å². The molecule has 7 nitrogen and oxygen atoms in total. The number of nitrogens with zero attached hydrogens (tertiary/aromatic N) is 1. The standard InChI is InChI=1S/C19H18N2O5/c1-12(10-21-14-4-2-3-5-15(14)26-19(21)23)20-18(22)9-13-6-7-16-17(8-13)25-11-24-16/h2-8,12H,9-11H2,1H3,(H,20,22)/t12-/m0/s1. The molecule has 1 N–H and O–H groups in total. The van der Waals surface area contributed by atoms with E-state index < -0.39 is 5.76 Å². The molecule has 1 aliphatic heterocycles. The lowest BCUT2D eigenvalue weighted by Crippen LogP contribution is -2.38. The highest BCUT2D eigenvalue weighted by molar-refractivity contribution is 5.79. The van der Waals surface area contributed by atoms with Crippen molar-refractivity contribution in [2.45, 2.75) is 25.9 Å². The van der Waals surface area contributed by atoms with Gasteiger partial charge in [-0.05, 0) is 36.8 Å². The van der Waals surface area contributed by atoms with Crippen LogP contribution >= 0.6 is 0 Å². The van der Waals surface area contributed by atoms with Gasteiger partial charge in [0, 0.05) is 12.6 Å². The second-order valence-corrected chi connectivity index (χ2v) is 6.28. The van der Waals surface area contributed by atoms with Crippen molar-refractivity contribution in [3.63, 3.8) is 0 Å². The SMILES string of the molecule is C[C@@H](Cn1c(=O)oc2ccccc21)NC(=O)Cc1ccc2c(c1)OCO2. The number of hydrogen-bond acceptors (Lipinski definition) is 5. The molecule has 1 atom stereocenters. The molecule has 0 fully saturated rings. The third-order valence-corrected chi connectivity index (χ3v) is 4.24. The zero-order valence-electron chi connectivity index (χ0n) is 14.2. The third kappa shape index (κ3) is 3.15. The number of nitrogens with one attached hydrogen (secondary N) is 1. The van der Waals surface area contributed by atoms with Gasteiger partial charge in [-0.2, -0.15) is 0 Å². The van der Waals surface area contributed by atoms with Gasteiger partial charge in [0.1, 0.15) is 0 Å². The van der Waals surface area contributed by atoms with Gasteiger partial charge in [0.05, 0.1) is 11.9 Å². The molecule has 1 aromatic heterocycles. The number of rotatable bonds is 5. The first-order valence-electron chi connectivity index (χ1n) is 8.36. The number of ether oxygens (including phenoxy) is 2. The van der Waals surface area contributed by atoms with Crippen LogP contribution in [0.2, 0.25) is 0 Å². The molecule has 2 aromatic carbocycles. The second-order valence-electron chi connectivity index (χ2n) is 6.28. The van der Waals surface area contributed by atoms with Gasteiger partial charge in [0.2, 0.25) is 12.7 Å².